The summed E-state index contributed by atoms with van der Waals surface area (Å²) >= 11 is 0. The lowest BCUT2D eigenvalue weighted by atomic mass is 9.93. The number of aryl methyl sites for hydroxylation is 1. The number of nitrogens with one attached hydrogen (secondary N) is 4. The van der Waals surface area contributed by atoms with Crippen LogP contribution in [0.15, 0.2) is 42.7 Å². The Bertz CT molecular complexity index is 1190. The topological polar surface area (TPSA) is 151 Å². The van der Waals surface area contributed by atoms with Crippen LogP contribution >= 0.6 is 0 Å². The molecule has 4 amide bonds. The average molecular weight is 537 g/mol. The van der Waals surface area contributed by atoms with Crippen LogP contribution in [0.4, 0.5) is 0 Å². The van der Waals surface area contributed by atoms with Gasteiger partial charge in [0.25, 0.3) is 11.8 Å². The molecule has 3 atom stereocenters. The van der Waals surface area contributed by atoms with Gasteiger partial charge in [-0.05, 0) is 31.2 Å². The molecule has 1 saturated carbocycles. The van der Waals surface area contributed by atoms with Crippen LogP contribution in [-0.2, 0) is 32.6 Å². The monoisotopic (exact) mass is 536 g/mol. The molecule has 4 rings (SSSR count). The largest absolute Gasteiger partial charge is 0.356 e. The highest BCUT2D eigenvalue weighted by molar-refractivity contribution is 6.38. The number of hydrogen-bond donors (Lipinski definition) is 4. The van der Waals surface area contributed by atoms with Crippen LogP contribution in [-0.4, -0.2) is 63.9 Å². The third-order valence-corrected chi connectivity index (χ3v) is 7.35. The zero-order valence-corrected chi connectivity index (χ0v) is 22.2. The van der Waals surface area contributed by atoms with Crippen molar-refractivity contribution in [1.29, 1.82) is 0 Å². The fourth-order valence-corrected chi connectivity index (χ4v) is 5.16. The molecular weight excluding hydrogens is 500 g/mol. The van der Waals surface area contributed by atoms with E-state index in [2.05, 4.69) is 26.4 Å². The smallest absolute Gasteiger partial charge is 0.289 e. The van der Waals surface area contributed by atoms with E-state index in [1.807, 2.05) is 30.3 Å². The molecule has 1 aliphatic heterocycles. The molecule has 2 fully saturated rings. The number of nitrogens with zero attached hydrogens (tertiary/aromatic N) is 2. The van der Waals surface area contributed by atoms with Gasteiger partial charge in [-0.1, -0.05) is 49.6 Å². The second-order valence-corrected chi connectivity index (χ2v) is 10.4. The Morgan fingerprint density at radius 2 is 1.77 bits per heavy atom. The van der Waals surface area contributed by atoms with Crippen molar-refractivity contribution >= 4 is 29.4 Å². The summed E-state index contributed by atoms with van der Waals surface area (Å²) in [5.41, 5.74) is 1.09. The lowest BCUT2D eigenvalue weighted by Gasteiger charge is -2.26. The summed E-state index contributed by atoms with van der Waals surface area (Å²) in [7, 11) is 1.68. The fraction of sp³-hybridized carbons (Fsp3) is 0.500. The maximum atomic E-state index is 13.6. The Balaban J connectivity index is 1.51. The zero-order valence-electron chi connectivity index (χ0n) is 22.2. The number of aromatic nitrogens is 2. The lowest BCUT2D eigenvalue weighted by molar-refractivity contribution is -0.141. The highest BCUT2D eigenvalue weighted by atomic mass is 16.2. The van der Waals surface area contributed by atoms with Crippen LogP contribution in [0.1, 0.15) is 60.9 Å². The van der Waals surface area contributed by atoms with E-state index in [9.17, 15) is 24.0 Å². The first-order chi connectivity index (χ1) is 18.8. The van der Waals surface area contributed by atoms with Crippen LogP contribution in [0.3, 0.4) is 0 Å². The number of Topliss-reactive ketones (excluding diaryl/α,β-unsaturated/α-hetero) is 1. The number of hydrogen-bond acceptors (Lipinski definition) is 6. The van der Waals surface area contributed by atoms with Gasteiger partial charge < -0.3 is 21.3 Å². The molecule has 2 aromatic rings. The van der Waals surface area contributed by atoms with Crippen molar-refractivity contribution in [3.63, 3.8) is 0 Å². The predicted molar refractivity (Wildman–Crippen MR) is 142 cm³/mol. The van der Waals surface area contributed by atoms with Crippen LogP contribution in [0.2, 0.25) is 0 Å². The number of benzene rings is 1. The van der Waals surface area contributed by atoms with Crippen molar-refractivity contribution in [2.45, 2.75) is 69.5 Å². The summed E-state index contributed by atoms with van der Waals surface area (Å²) in [4.78, 5) is 65.0. The molecule has 4 N–H and O–H groups in total. The van der Waals surface area contributed by atoms with E-state index in [0.29, 0.717) is 13.0 Å². The van der Waals surface area contributed by atoms with Crippen LogP contribution in [0.25, 0.3) is 0 Å². The van der Waals surface area contributed by atoms with Gasteiger partial charge in [0.1, 0.15) is 6.04 Å². The van der Waals surface area contributed by atoms with Crippen molar-refractivity contribution in [1.82, 2.24) is 31.0 Å². The highest BCUT2D eigenvalue weighted by Gasteiger charge is 2.36. The van der Waals surface area contributed by atoms with Crippen molar-refractivity contribution in [2.24, 2.45) is 13.0 Å². The van der Waals surface area contributed by atoms with E-state index in [0.717, 1.165) is 37.7 Å². The molecular formula is C28H36N6O5. The van der Waals surface area contributed by atoms with Gasteiger partial charge in [0.05, 0.1) is 17.8 Å². The van der Waals surface area contributed by atoms with E-state index in [-0.39, 0.29) is 30.4 Å². The first kappa shape index (κ1) is 28.0. The second-order valence-electron chi connectivity index (χ2n) is 10.4. The number of carbonyl (C=O) groups excluding carboxylic acids is 5. The second kappa shape index (κ2) is 13.2. The van der Waals surface area contributed by atoms with Crippen LogP contribution in [0, 0.1) is 5.92 Å². The highest BCUT2D eigenvalue weighted by Crippen LogP contribution is 2.19. The SMILES string of the molecule is Cn1cc(C(=O)N[C@@H](Cc2ccccc2)C(=O)N[C@@H](C[C@@H]2CCNC2=O)C(=O)C(=O)NC2CCCCC2)cn1. The fourth-order valence-electron chi connectivity index (χ4n) is 5.16. The van der Waals surface area contributed by atoms with Gasteiger partial charge in [-0.25, -0.2) is 0 Å². The summed E-state index contributed by atoms with van der Waals surface area (Å²) in [6.07, 6.45) is 8.29. The van der Waals surface area contributed by atoms with Crippen molar-refractivity contribution < 1.29 is 24.0 Å². The van der Waals surface area contributed by atoms with Gasteiger partial charge in [0.2, 0.25) is 17.6 Å². The maximum absolute atomic E-state index is 13.6. The van der Waals surface area contributed by atoms with Gasteiger partial charge in [-0.15, -0.1) is 0 Å². The Hall–Kier alpha value is -4.02. The molecule has 2 aliphatic rings. The normalized spacial score (nSPS) is 19.0. The first-order valence-electron chi connectivity index (χ1n) is 13.6. The molecule has 1 aromatic carbocycles. The zero-order chi connectivity index (χ0) is 27.8. The number of carbonyl (C=O) groups is 5. The molecule has 39 heavy (non-hydrogen) atoms. The summed E-state index contributed by atoms with van der Waals surface area (Å²) < 4.78 is 1.48. The minimum absolute atomic E-state index is 0.00308. The number of amides is 4. The Morgan fingerprint density at radius 1 is 1.03 bits per heavy atom. The standard InChI is InChI=1S/C28H36N6O5/c1-34-17-20(16-30-34)26(37)33-23(14-18-8-4-2-5-9-18)27(38)32-22(15-19-12-13-29-25(19)36)24(35)28(39)31-21-10-6-3-7-11-21/h2,4-5,8-9,16-17,19,21-23H,3,6-7,10-15H2,1H3,(H,29,36)(H,31,39)(H,32,38)(H,33,37)/t19-,22-,23-/m0/s1. The summed E-state index contributed by atoms with van der Waals surface area (Å²) in [6, 6.07) is 6.85. The Labute approximate surface area is 227 Å². The third-order valence-electron chi connectivity index (χ3n) is 7.35. The lowest BCUT2D eigenvalue weighted by Crippen LogP contribution is -2.55. The molecule has 1 aliphatic carbocycles. The molecule has 0 spiro atoms. The Morgan fingerprint density at radius 3 is 2.41 bits per heavy atom. The maximum Gasteiger partial charge on any atom is 0.289 e. The van der Waals surface area contributed by atoms with Crippen LogP contribution in [0.5, 0.6) is 0 Å². The van der Waals surface area contributed by atoms with E-state index in [1.54, 1.807) is 7.05 Å². The average Bonchev–Trinajstić information content (AvgIpc) is 3.56. The number of rotatable bonds is 11. The summed E-state index contributed by atoms with van der Waals surface area (Å²) in [5.74, 6) is -3.36. The minimum atomic E-state index is -1.21. The summed E-state index contributed by atoms with van der Waals surface area (Å²) in [6.45, 7) is 0.477. The van der Waals surface area contributed by atoms with E-state index in [1.165, 1.54) is 17.1 Å². The molecule has 0 radical (unpaired) electrons. The predicted octanol–water partition coefficient (Wildman–Crippen LogP) is 0.790. The first-order valence-corrected chi connectivity index (χ1v) is 13.6. The molecule has 0 unspecified atom stereocenters. The van der Waals surface area contributed by atoms with Gasteiger partial charge in [-0.3, -0.25) is 28.7 Å². The van der Waals surface area contributed by atoms with E-state index in [4.69, 9.17) is 0 Å². The summed E-state index contributed by atoms with van der Waals surface area (Å²) in [5, 5.41) is 15.0. The Kier molecular flexibility index (Phi) is 9.45. The minimum Gasteiger partial charge on any atom is -0.356 e. The van der Waals surface area contributed by atoms with E-state index >= 15 is 0 Å². The van der Waals surface area contributed by atoms with Gasteiger partial charge >= 0.3 is 0 Å². The van der Waals surface area contributed by atoms with Gasteiger partial charge in [-0.2, -0.15) is 5.10 Å². The number of ketones is 1. The molecule has 0 bridgehead atoms. The quantitative estimate of drug-likeness (QED) is 0.312. The molecule has 1 aromatic heterocycles. The molecule has 208 valence electrons. The van der Waals surface area contributed by atoms with Crippen LogP contribution < -0.4 is 21.3 Å². The van der Waals surface area contributed by atoms with Gasteiger partial charge in [0.15, 0.2) is 0 Å². The molecule has 1 saturated heterocycles. The molecule has 2 heterocycles. The van der Waals surface area contributed by atoms with Crippen molar-refractivity contribution in [3.05, 3.63) is 53.9 Å². The van der Waals surface area contributed by atoms with E-state index < -0.39 is 41.5 Å². The third kappa shape index (κ3) is 7.75. The molecule has 11 heteroatoms. The molecule has 11 nitrogen and oxygen atoms in total. The van der Waals surface area contributed by atoms with Crippen molar-refractivity contribution in [3.8, 4) is 0 Å². The van der Waals surface area contributed by atoms with Crippen molar-refractivity contribution in [2.75, 3.05) is 6.54 Å². The van der Waals surface area contributed by atoms with Gasteiger partial charge in [0, 0.05) is 38.2 Å².